The summed E-state index contributed by atoms with van der Waals surface area (Å²) in [5, 5.41) is 16.2. The van der Waals surface area contributed by atoms with E-state index in [-0.39, 0.29) is 18.6 Å². The molecule has 1 aromatic heterocycles. The highest BCUT2D eigenvalue weighted by Gasteiger charge is 2.37. The Morgan fingerprint density at radius 1 is 1.03 bits per heavy atom. The maximum absolute atomic E-state index is 14.0. The number of amides is 2. The van der Waals surface area contributed by atoms with Gasteiger partial charge in [-0.1, -0.05) is 48.5 Å². The van der Waals surface area contributed by atoms with E-state index in [4.69, 9.17) is 4.74 Å². The fourth-order valence-corrected chi connectivity index (χ4v) is 4.14. The third-order valence-corrected chi connectivity index (χ3v) is 6.15. The molecule has 0 aliphatic carbocycles. The van der Waals surface area contributed by atoms with Gasteiger partial charge in [0, 0.05) is 29.1 Å². The van der Waals surface area contributed by atoms with E-state index in [9.17, 15) is 23.5 Å². The number of ether oxygens (including phenoxy) is 1. The van der Waals surface area contributed by atoms with Gasteiger partial charge in [0.15, 0.2) is 0 Å². The van der Waals surface area contributed by atoms with Crippen molar-refractivity contribution in [3.63, 3.8) is 0 Å². The van der Waals surface area contributed by atoms with Gasteiger partial charge >= 0.3 is 6.09 Å². The SMILES string of the molecule is CC(Cc1c[nH]c2ccccc12)(NC(=O)OCc1cc(F)ccc1F)C(=O)NC(CO)c1ccccc1. The zero-order valence-electron chi connectivity index (χ0n) is 20.1. The van der Waals surface area contributed by atoms with E-state index >= 15 is 0 Å². The number of aromatic nitrogens is 1. The van der Waals surface area contributed by atoms with E-state index in [0.717, 1.165) is 34.7 Å². The number of benzene rings is 3. The first-order valence-corrected chi connectivity index (χ1v) is 11.7. The Balaban J connectivity index is 1.57. The molecule has 7 nitrogen and oxygen atoms in total. The topological polar surface area (TPSA) is 103 Å². The molecule has 0 aliphatic rings. The number of para-hydroxylation sites is 1. The Morgan fingerprint density at radius 2 is 1.76 bits per heavy atom. The maximum atomic E-state index is 14.0. The molecule has 0 fully saturated rings. The summed E-state index contributed by atoms with van der Waals surface area (Å²) in [7, 11) is 0. The second-order valence-corrected chi connectivity index (χ2v) is 8.92. The number of fused-ring (bicyclic) bond motifs is 1. The summed E-state index contributed by atoms with van der Waals surface area (Å²) < 4.78 is 32.6. The number of aliphatic hydroxyl groups excluding tert-OH is 1. The maximum Gasteiger partial charge on any atom is 0.408 e. The van der Waals surface area contributed by atoms with Crippen molar-refractivity contribution in [2.45, 2.75) is 31.5 Å². The first-order valence-electron chi connectivity index (χ1n) is 11.7. The standard InChI is InChI=1S/C28H27F2N3O4/c1-28(14-20-15-31-24-10-6-5-9-22(20)24,26(35)32-25(16-34)18-7-3-2-4-8-18)33-27(36)37-17-19-13-21(29)11-12-23(19)30/h2-13,15,25,31,34H,14,16-17H2,1H3,(H,32,35)(H,33,36). The minimum Gasteiger partial charge on any atom is -0.445 e. The Kier molecular flexibility index (Phi) is 7.83. The molecular weight excluding hydrogens is 480 g/mol. The number of hydrogen-bond donors (Lipinski definition) is 4. The van der Waals surface area contributed by atoms with Gasteiger partial charge in [0.1, 0.15) is 23.8 Å². The Labute approximate surface area is 212 Å². The number of rotatable bonds is 9. The predicted octanol–water partition coefficient (Wildman–Crippen LogP) is 4.52. The molecular formula is C28H27F2N3O4. The summed E-state index contributed by atoms with van der Waals surface area (Å²) in [5.41, 5.74) is 0.663. The zero-order valence-corrected chi connectivity index (χ0v) is 20.1. The number of H-pyrrole nitrogens is 1. The van der Waals surface area contributed by atoms with E-state index in [2.05, 4.69) is 15.6 Å². The number of hydrogen-bond acceptors (Lipinski definition) is 4. The van der Waals surface area contributed by atoms with Gasteiger partial charge in [-0.2, -0.15) is 0 Å². The number of alkyl carbamates (subject to hydrolysis) is 1. The van der Waals surface area contributed by atoms with Gasteiger partial charge in [0.05, 0.1) is 12.6 Å². The van der Waals surface area contributed by atoms with Crippen LogP contribution in [0, 0.1) is 11.6 Å². The van der Waals surface area contributed by atoms with Gasteiger partial charge < -0.3 is 25.5 Å². The van der Waals surface area contributed by atoms with Gasteiger partial charge in [-0.15, -0.1) is 0 Å². The van der Waals surface area contributed by atoms with Crippen LogP contribution in [0.4, 0.5) is 13.6 Å². The molecule has 4 N–H and O–H groups in total. The molecule has 2 atom stereocenters. The molecule has 4 rings (SSSR count). The van der Waals surface area contributed by atoms with Crippen LogP contribution in [0.1, 0.15) is 29.7 Å². The molecule has 0 saturated carbocycles. The van der Waals surface area contributed by atoms with E-state index in [0.29, 0.717) is 5.56 Å². The van der Waals surface area contributed by atoms with Crippen LogP contribution in [0.3, 0.4) is 0 Å². The summed E-state index contributed by atoms with van der Waals surface area (Å²) in [6.07, 6.45) is 0.854. The normalized spacial score (nSPS) is 13.5. The van der Waals surface area contributed by atoms with Gasteiger partial charge in [0.25, 0.3) is 0 Å². The minimum atomic E-state index is -1.52. The van der Waals surface area contributed by atoms with Crippen LogP contribution >= 0.6 is 0 Å². The van der Waals surface area contributed by atoms with Crippen LogP contribution < -0.4 is 10.6 Å². The van der Waals surface area contributed by atoms with Crippen LogP contribution in [0.25, 0.3) is 10.9 Å². The van der Waals surface area contributed by atoms with Crippen molar-refractivity contribution in [1.29, 1.82) is 0 Å². The lowest BCUT2D eigenvalue weighted by atomic mass is 9.91. The average molecular weight is 508 g/mol. The summed E-state index contributed by atoms with van der Waals surface area (Å²) >= 11 is 0. The second kappa shape index (κ2) is 11.2. The molecule has 4 aromatic rings. The first-order chi connectivity index (χ1) is 17.8. The molecule has 2 unspecified atom stereocenters. The van der Waals surface area contributed by atoms with Gasteiger partial charge in [-0.25, -0.2) is 13.6 Å². The number of nitrogens with one attached hydrogen (secondary N) is 3. The zero-order chi connectivity index (χ0) is 26.4. The molecule has 0 saturated heterocycles. The summed E-state index contributed by atoms with van der Waals surface area (Å²) in [6, 6.07) is 18.6. The highest BCUT2D eigenvalue weighted by molar-refractivity contribution is 5.91. The van der Waals surface area contributed by atoms with E-state index < -0.39 is 41.8 Å². The third kappa shape index (κ3) is 6.13. The molecule has 2 amide bonds. The smallest absolute Gasteiger partial charge is 0.408 e. The number of halogens is 2. The van der Waals surface area contributed by atoms with Crippen molar-refractivity contribution >= 4 is 22.9 Å². The molecule has 0 bridgehead atoms. The van der Waals surface area contributed by atoms with Crippen molar-refractivity contribution in [2.24, 2.45) is 0 Å². The van der Waals surface area contributed by atoms with Crippen molar-refractivity contribution in [1.82, 2.24) is 15.6 Å². The summed E-state index contributed by atoms with van der Waals surface area (Å²) in [5.74, 6) is -1.95. The Hall–Kier alpha value is -4.24. The van der Waals surface area contributed by atoms with Crippen molar-refractivity contribution < 1.29 is 28.2 Å². The van der Waals surface area contributed by atoms with Gasteiger partial charge in [-0.3, -0.25) is 4.79 Å². The number of carbonyl (C=O) groups is 2. The molecule has 192 valence electrons. The monoisotopic (exact) mass is 507 g/mol. The molecule has 37 heavy (non-hydrogen) atoms. The lowest BCUT2D eigenvalue weighted by Gasteiger charge is -2.31. The quantitative estimate of drug-likeness (QED) is 0.267. The average Bonchev–Trinajstić information content (AvgIpc) is 3.30. The van der Waals surface area contributed by atoms with Gasteiger partial charge in [-0.05, 0) is 42.3 Å². The predicted molar refractivity (Wildman–Crippen MR) is 134 cm³/mol. The van der Waals surface area contributed by atoms with Crippen LogP contribution in [-0.2, 0) is 22.6 Å². The van der Waals surface area contributed by atoms with Crippen molar-refractivity contribution in [3.8, 4) is 0 Å². The number of aromatic amines is 1. The van der Waals surface area contributed by atoms with Crippen LogP contribution in [-0.4, -0.2) is 34.2 Å². The Morgan fingerprint density at radius 3 is 2.51 bits per heavy atom. The summed E-state index contributed by atoms with van der Waals surface area (Å²) in [4.78, 5) is 29.5. The number of carbonyl (C=O) groups excluding carboxylic acids is 2. The van der Waals surface area contributed by atoms with Crippen LogP contribution in [0.2, 0.25) is 0 Å². The van der Waals surface area contributed by atoms with E-state index in [1.54, 1.807) is 30.5 Å². The van der Waals surface area contributed by atoms with E-state index in [1.165, 1.54) is 6.92 Å². The molecule has 0 spiro atoms. The largest absolute Gasteiger partial charge is 0.445 e. The second-order valence-electron chi connectivity index (χ2n) is 8.92. The lowest BCUT2D eigenvalue weighted by molar-refractivity contribution is -0.128. The van der Waals surface area contributed by atoms with E-state index in [1.807, 2.05) is 30.3 Å². The first kappa shape index (κ1) is 25.8. The number of aliphatic hydroxyl groups is 1. The fraction of sp³-hybridized carbons (Fsp3) is 0.214. The van der Waals surface area contributed by atoms with Crippen molar-refractivity contribution in [2.75, 3.05) is 6.61 Å². The highest BCUT2D eigenvalue weighted by Crippen LogP contribution is 2.24. The van der Waals surface area contributed by atoms with Crippen LogP contribution in [0.15, 0.2) is 79.0 Å². The molecule has 1 heterocycles. The highest BCUT2D eigenvalue weighted by atomic mass is 19.1. The lowest BCUT2D eigenvalue weighted by Crippen LogP contribution is -2.59. The molecule has 9 heteroatoms. The van der Waals surface area contributed by atoms with Crippen molar-refractivity contribution in [3.05, 3.63) is 107 Å². The summed E-state index contributed by atoms with van der Waals surface area (Å²) in [6.45, 7) is 0.652. The molecule has 0 radical (unpaired) electrons. The fourth-order valence-electron chi connectivity index (χ4n) is 4.14. The molecule has 0 aliphatic heterocycles. The van der Waals surface area contributed by atoms with Crippen LogP contribution in [0.5, 0.6) is 0 Å². The minimum absolute atomic E-state index is 0.0826. The van der Waals surface area contributed by atoms with Gasteiger partial charge in [0.2, 0.25) is 5.91 Å². The Bertz CT molecular complexity index is 1390. The molecule has 3 aromatic carbocycles. The third-order valence-electron chi connectivity index (χ3n) is 6.15.